The predicted octanol–water partition coefficient (Wildman–Crippen LogP) is 2.75. The smallest absolute Gasteiger partial charge is 0.407 e. The summed E-state index contributed by atoms with van der Waals surface area (Å²) in [6, 6.07) is 7.77. The summed E-state index contributed by atoms with van der Waals surface area (Å²) in [6.45, 7) is 0. The van der Waals surface area contributed by atoms with Crippen molar-refractivity contribution in [1.82, 2.24) is 4.90 Å². The van der Waals surface area contributed by atoms with Crippen LogP contribution < -0.4 is 9.47 Å². The van der Waals surface area contributed by atoms with Crippen molar-refractivity contribution < 1.29 is 19.4 Å². The molecule has 2 aliphatic rings. The largest absolute Gasteiger partial charge is 0.497 e. The Morgan fingerprint density at radius 1 is 1.15 bits per heavy atom. The van der Waals surface area contributed by atoms with Gasteiger partial charge in [0.2, 0.25) is 0 Å². The van der Waals surface area contributed by atoms with E-state index in [4.69, 9.17) is 9.47 Å². The lowest BCUT2D eigenvalue weighted by Crippen LogP contribution is -2.48. The van der Waals surface area contributed by atoms with Crippen LogP contribution in [0.1, 0.15) is 25.7 Å². The van der Waals surface area contributed by atoms with Gasteiger partial charge in [-0.2, -0.15) is 0 Å². The molecular formula is C15H19NO4. The molecule has 3 rings (SSSR count). The molecule has 20 heavy (non-hydrogen) atoms. The standard InChI is InChI=1S/C15H19NO4/c1-19-12-4-6-13(7-5-12)20-14-8-10-2-3-11(9-14)16(10)15(17)18/h4-7,10-11,14H,2-3,8-9H2,1H3,(H,17,18)/t10-,11+,14?. The van der Waals surface area contributed by atoms with Crippen LogP contribution in [-0.2, 0) is 0 Å². The molecule has 2 fully saturated rings. The monoisotopic (exact) mass is 277 g/mol. The number of carbonyl (C=O) groups is 1. The fourth-order valence-corrected chi connectivity index (χ4v) is 3.38. The molecule has 0 saturated carbocycles. The third-order valence-corrected chi connectivity index (χ3v) is 4.27. The van der Waals surface area contributed by atoms with Crippen LogP contribution in [0.2, 0.25) is 0 Å². The highest BCUT2D eigenvalue weighted by Crippen LogP contribution is 2.37. The van der Waals surface area contributed by atoms with E-state index in [2.05, 4.69) is 0 Å². The number of amides is 1. The van der Waals surface area contributed by atoms with E-state index in [1.54, 1.807) is 12.0 Å². The van der Waals surface area contributed by atoms with E-state index in [0.29, 0.717) is 0 Å². The summed E-state index contributed by atoms with van der Waals surface area (Å²) in [5.41, 5.74) is 0. The quantitative estimate of drug-likeness (QED) is 0.923. The molecule has 3 atom stereocenters. The first kappa shape index (κ1) is 13.1. The molecule has 108 valence electrons. The van der Waals surface area contributed by atoms with Crippen molar-refractivity contribution in [3.63, 3.8) is 0 Å². The van der Waals surface area contributed by atoms with Gasteiger partial charge in [0, 0.05) is 24.9 Å². The van der Waals surface area contributed by atoms with Gasteiger partial charge < -0.3 is 19.5 Å². The molecule has 0 spiro atoms. The molecule has 5 nitrogen and oxygen atoms in total. The third kappa shape index (κ3) is 2.40. The van der Waals surface area contributed by atoms with Crippen molar-refractivity contribution in [2.45, 2.75) is 43.9 Å². The number of ether oxygens (including phenoxy) is 2. The van der Waals surface area contributed by atoms with Crippen molar-refractivity contribution in [2.24, 2.45) is 0 Å². The highest BCUT2D eigenvalue weighted by Gasteiger charge is 2.44. The lowest BCUT2D eigenvalue weighted by Gasteiger charge is -2.37. The van der Waals surface area contributed by atoms with Crippen molar-refractivity contribution in [3.05, 3.63) is 24.3 Å². The first-order valence-electron chi connectivity index (χ1n) is 6.99. The Kier molecular flexibility index (Phi) is 3.42. The zero-order valence-electron chi connectivity index (χ0n) is 11.5. The Labute approximate surface area is 118 Å². The van der Waals surface area contributed by atoms with Crippen molar-refractivity contribution >= 4 is 6.09 Å². The summed E-state index contributed by atoms with van der Waals surface area (Å²) in [5.74, 6) is 1.62. The molecule has 1 N–H and O–H groups in total. The summed E-state index contributed by atoms with van der Waals surface area (Å²) in [4.78, 5) is 12.8. The topological polar surface area (TPSA) is 59.0 Å². The van der Waals surface area contributed by atoms with Crippen LogP contribution in [-0.4, -0.2) is 41.4 Å². The second-order valence-electron chi connectivity index (χ2n) is 5.46. The van der Waals surface area contributed by atoms with E-state index >= 15 is 0 Å². The second kappa shape index (κ2) is 5.23. The lowest BCUT2D eigenvalue weighted by atomic mass is 10.0. The minimum absolute atomic E-state index is 0.108. The van der Waals surface area contributed by atoms with E-state index in [1.165, 1.54) is 0 Å². The minimum atomic E-state index is -0.791. The van der Waals surface area contributed by atoms with Gasteiger partial charge in [-0.1, -0.05) is 0 Å². The Balaban J connectivity index is 1.64. The SMILES string of the molecule is COc1ccc(OC2C[C@H]3CC[C@@H](C2)N3C(=O)O)cc1. The molecule has 1 aromatic carbocycles. The molecule has 0 radical (unpaired) electrons. The van der Waals surface area contributed by atoms with Crippen LogP contribution in [0.5, 0.6) is 11.5 Å². The van der Waals surface area contributed by atoms with Crippen LogP contribution >= 0.6 is 0 Å². The number of fused-ring (bicyclic) bond motifs is 2. The number of benzene rings is 1. The Hall–Kier alpha value is -1.91. The molecular weight excluding hydrogens is 258 g/mol. The number of piperidine rings is 1. The Bertz CT molecular complexity index is 473. The van der Waals surface area contributed by atoms with Gasteiger partial charge in [-0.15, -0.1) is 0 Å². The van der Waals surface area contributed by atoms with Gasteiger partial charge in [0.15, 0.2) is 0 Å². The molecule has 0 aromatic heterocycles. The molecule has 2 aliphatic heterocycles. The molecule has 0 aliphatic carbocycles. The van der Waals surface area contributed by atoms with Crippen LogP contribution in [0.25, 0.3) is 0 Å². The van der Waals surface area contributed by atoms with E-state index in [0.717, 1.165) is 37.2 Å². The summed E-state index contributed by atoms with van der Waals surface area (Å²) in [5, 5.41) is 9.22. The normalized spacial score (nSPS) is 28.2. The number of hydrogen-bond donors (Lipinski definition) is 1. The Morgan fingerprint density at radius 3 is 2.20 bits per heavy atom. The van der Waals surface area contributed by atoms with Gasteiger partial charge in [0.05, 0.1) is 7.11 Å². The average Bonchev–Trinajstić information content (AvgIpc) is 2.72. The lowest BCUT2D eigenvalue weighted by molar-refractivity contribution is 0.0496. The molecule has 1 unspecified atom stereocenters. The van der Waals surface area contributed by atoms with Crippen molar-refractivity contribution in [1.29, 1.82) is 0 Å². The highest BCUT2D eigenvalue weighted by molar-refractivity contribution is 5.66. The number of hydrogen-bond acceptors (Lipinski definition) is 3. The number of rotatable bonds is 3. The first-order valence-corrected chi connectivity index (χ1v) is 6.99. The third-order valence-electron chi connectivity index (χ3n) is 4.27. The van der Waals surface area contributed by atoms with Gasteiger partial charge in [-0.05, 0) is 37.1 Å². The second-order valence-corrected chi connectivity index (χ2v) is 5.46. The summed E-state index contributed by atoms with van der Waals surface area (Å²) >= 11 is 0. The van der Waals surface area contributed by atoms with E-state index < -0.39 is 6.09 Å². The molecule has 1 amide bonds. The first-order chi connectivity index (χ1) is 9.67. The summed E-state index contributed by atoms with van der Waals surface area (Å²) < 4.78 is 11.1. The van der Waals surface area contributed by atoms with E-state index in [9.17, 15) is 9.90 Å². The fourth-order valence-electron chi connectivity index (χ4n) is 3.38. The minimum Gasteiger partial charge on any atom is -0.497 e. The van der Waals surface area contributed by atoms with Crippen LogP contribution in [0.15, 0.2) is 24.3 Å². The maximum absolute atomic E-state index is 11.2. The highest BCUT2D eigenvalue weighted by atomic mass is 16.5. The van der Waals surface area contributed by atoms with Gasteiger partial charge in [0.1, 0.15) is 17.6 Å². The number of nitrogens with zero attached hydrogens (tertiary/aromatic N) is 1. The predicted molar refractivity (Wildman–Crippen MR) is 73.3 cm³/mol. The van der Waals surface area contributed by atoms with Gasteiger partial charge in [0.25, 0.3) is 0 Å². The molecule has 5 heteroatoms. The molecule has 2 bridgehead atoms. The van der Waals surface area contributed by atoms with Crippen LogP contribution in [0.3, 0.4) is 0 Å². The zero-order valence-corrected chi connectivity index (χ0v) is 11.5. The average molecular weight is 277 g/mol. The molecule has 1 aromatic rings. The molecule has 2 heterocycles. The van der Waals surface area contributed by atoms with E-state index in [-0.39, 0.29) is 18.2 Å². The summed E-state index contributed by atoms with van der Waals surface area (Å²) in [6.07, 6.45) is 2.81. The van der Waals surface area contributed by atoms with Gasteiger partial charge >= 0.3 is 6.09 Å². The molecule has 2 saturated heterocycles. The van der Waals surface area contributed by atoms with E-state index in [1.807, 2.05) is 24.3 Å². The van der Waals surface area contributed by atoms with Crippen molar-refractivity contribution in [3.8, 4) is 11.5 Å². The number of carboxylic acid groups (broad SMARTS) is 1. The van der Waals surface area contributed by atoms with Crippen LogP contribution in [0, 0.1) is 0 Å². The van der Waals surface area contributed by atoms with Gasteiger partial charge in [-0.3, -0.25) is 0 Å². The number of methoxy groups -OCH3 is 1. The maximum Gasteiger partial charge on any atom is 0.407 e. The maximum atomic E-state index is 11.2. The van der Waals surface area contributed by atoms with Crippen LogP contribution in [0.4, 0.5) is 4.79 Å². The summed E-state index contributed by atoms with van der Waals surface area (Å²) in [7, 11) is 1.63. The fraction of sp³-hybridized carbons (Fsp3) is 0.533. The van der Waals surface area contributed by atoms with Gasteiger partial charge in [-0.25, -0.2) is 4.79 Å². The zero-order chi connectivity index (χ0) is 14.1. The Morgan fingerprint density at radius 2 is 1.70 bits per heavy atom. The van der Waals surface area contributed by atoms with Crippen molar-refractivity contribution in [2.75, 3.05) is 7.11 Å².